The highest BCUT2D eigenvalue weighted by atomic mass is 16.1. The molecule has 0 saturated carbocycles. The minimum absolute atomic E-state index is 0.487. The van der Waals surface area contributed by atoms with E-state index in [0.29, 0.717) is 19.6 Å². The van der Waals surface area contributed by atoms with E-state index < -0.39 is 0 Å². The molecule has 2 rings (SSSR count). The number of nitrogens with zero attached hydrogens (tertiary/aromatic N) is 1. The average molecular weight is 291 g/mol. The van der Waals surface area contributed by atoms with Gasteiger partial charge in [-0.05, 0) is 30.0 Å². The summed E-state index contributed by atoms with van der Waals surface area (Å²) in [5, 5.41) is 0. The summed E-state index contributed by atoms with van der Waals surface area (Å²) in [6, 6.07) is 6.32. The topological polar surface area (TPSA) is 72.3 Å². The third-order valence-electron chi connectivity index (χ3n) is 3.06. The Labute approximate surface area is 128 Å². The van der Waals surface area contributed by atoms with E-state index in [2.05, 4.69) is 29.7 Å². The van der Waals surface area contributed by atoms with Gasteiger partial charge in [0, 0.05) is 25.3 Å². The Balaban J connectivity index is 0.000000579. The maximum Gasteiger partial charge on any atom is 0.139 e. The van der Waals surface area contributed by atoms with Gasteiger partial charge in [0.1, 0.15) is 6.29 Å². The highest BCUT2D eigenvalue weighted by Crippen LogP contribution is 2.27. The van der Waals surface area contributed by atoms with Gasteiger partial charge < -0.3 is 21.2 Å². The van der Waals surface area contributed by atoms with Crippen molar-refractivity contribution in [2.24, 2.45) is 11.5 Å². The van der Waals surface area contributed by atoms with E-state index in [4.69, 9.17) is 11.5 Å². The Kier molecular flexibility index (Phi) is 11.2. The first-order valence-corrected chi connectivity index (χ1v) is 7.58. The molecular weight excluding hydrogens is 262 g/mol. The number of rotatable bonds is 4. The summed E-state index contributed by atoms with van der Waals surface area (Å²) in [7, 11) is 0. The first-order chi connectivity index (χ1) is 10.3. The first kappa shape index (κ1) is 19.4. The quantitative estimate of drug-likeness (QED) is 0.659. The van der Waals surface area contributed by atoms with Crippen molar-refractivity contribution in [2.45, 2.75) is 33.2 Å². The fourth-order valence-corrected chi connectivity index (χ4v) is 2.10. The lowest BCUT2D eigenvalue weighted by Crippen LogP contribution is -2.31. The zero-order chi connectivity index (χ0) is 16.1. The summed E-state index contributed by atoms with van der Waals surface area (Å²) in [5.41, 5.74) is 14.2. The molecule has 4 nitrogen and oxygen atoms in total. The van der Waals surface area contributed by atoms with E-state index in [1.54, 1.807) is 6.08 Å². The molecule has 1 aromatic carbocycles. The lowest BCUT2D eigenvalue weighted by atomic mass is 9.99. The van der Waals surface area contributed by atoms with Crippen LogP contribution in [-0.4, -0.2) is 25.9 Å². The molecule has 4 N–H and O–H groups in total. The minimum atomic E-state index is 0.487. The van der Waals surface area contributed by atoms with Gasteiger partial charge in [0.25, 0.3) is 0 Å². The Hall–Kier alpha value is -1.65. The molecule has 0 bridgehead atoms. The lowest BCUT2D eigenvalue weighted by molar-refractivity contribution is -0.106. The van der Waals surface area contributed by atoms with Crippen LogP contribution in [0.4, 0.5) is 5.69 Å². The van der Waals surface area contributed by atoms with Crippen LogP contribution in [0.15, 0.2) is 30.9 Å². The van der Waals surface area contributed by atoms with Crippen LogP contribution >= 0.6 is 0 Å². The second kappa shape index (κ2) is 12.1. The number of carbonyl (C=O) groups is 1. The Morgan fingerprint density at radius 2 is 2.00 bits per heavy atom. The summed E-state index contributed by atoms with van der Waals surface area (Å²) in [6.07, 6.45) is 4.85. The number of hydrogen-bond donors (Lipinski definition) is 2. The van der Waals surface area contributed by atoms with Gasteiger partial charge in [0.15, 0.2) is 0 Å². The number of hydrogen-bond acceptors (Lipinski definition) is 4. The molecule has 1 aliphatic rings. The Morgan fingerprint density at radius 3 is 2.52 bits per heavy atom. The zero-order valence-corrected chi connectivity index (χ0v) is 13.3. The summed E-state index contributed by atoms with van der Waals surface area (Å²) in [4.78, 5) is 12.7. The number of nitrogens with two attached hydrogens (primary N) is 2. The Bertz CT molecular complexity index is 418. The maximum absolute atomic E-state index is 10.6. The van der Waals surface area contributed by atoms with Crippen LogP contribution in [0.3, 0.4) is 0 Å². The van der Waals surface area contributed by atoms with Crippen LogP contribution in [0, 0.1) is 0 Å². The lowest BCUT2D eigenvalue weighted by Gasteiger charge is -2.30. The van der Waals surface area contributed by atoms with E-state index in [0.717, 1.165) is 31.2 Å². The van der Waals surface area contributed by atoms with Crippen molar-refractivity contribution < 1.29 is 4.79 Å². The fourth-order valence-electron chi connectivity index (χ4n) is 2.10. The van der Waals surface area contributed by atoms with Crippen LogP contribution < -0.4 is 16.4 Å². The molecule has 21 heavy (non-hydrogen) atoms. The number of anilines is 1. The largest absolute Gasteiger partial charge is 0.364 e. The van der Waals surface area contributed by atoms with Crippen LogP contribution in [-0.2, 0) is 17.8 Å². The van der Waals surface area contributed by atoms with Gasteiger partial charge in [-0.2, -0.15) is 0 Å². The predicted molar refractivity (Wildman–Crippen MR) is 91.5 cm³/mol. The molecule has 0 aromatic heterocycles. The van der Waals surface area contributed by atoms with Gasteiger partial charge in [0.05, 0.1) is 6.54 Å². The molecule has 0 aliphatic carbocycles. The standard InChI is InChI=1S/C12H16N2O.C3H7N.C2H6/c13-9-10-3-4-11-2-1-5-14(6-7-15)12(11)8-10;1-2-3-4;1-2/h3-4,7-8H,1-2,5-6,9,13H2;2H,1,3-4H2;1-2H3. The molecular formula is C17H29N3O. The maximum atomic E-state index is 10.6. The van der Waals surface area contributed by atoms with E-state index in [1.807, 2.05) is 13.8 Å². The SMILES string of the molecule is C=CCN.CC.NCc1ccc2c(c1)N(CC=O)CCC2. The van der Waals surface area contributed by atoms with E-state index in [-0.39, 0.29) is 0 Å². The number of aryl methyl sites for hydroxylation is 1. The second-order valence-electron chi connectivity index (χ2n) is 4.41. The molecule has 1 aromatic rings. The summed E-state index contributed by atoms with van der Waals surface area (Å²) < 4.78 is 0. The minimum Gasteiger partial charge on any atom is -0.364 e. The predicted octanol–water partition coefficient (Wildman–Crippen LogP) is 2.25. The van der Waals surface area contributed by atoms with Crippen molar-refractivity contribution in [3.8, 4) is 0 Å². The molecule has 1 aliphatic heterocycles. The van der Waals surface area contributed by atoms with E-state index >= 15 is 0 Å². The van der Waals surface area contributed by atoms with E-state index in [9.17, 15) is 4.79 Å². The van der Waals surface area contributed by atoms with Gasteiger partial charge >= 0.3 is 0 Å². The molecule has 0 saturated heterocycles. The summed E-state index contributed by atoms with van der Waals surface area (Å²) >= 11 is 0. The van der Waals surface area contributed by atoms with Gasteiger partial charge in [0.2, 0.25) is 0 Å². The first-order valence-electron chi connectivity index (χ1n) is 7.58. The molecule has 0 fully saturated rings. The highest BCUT2D eigenvalue weighted by Gasteiger charge is 2.16. The number of fused-ring (bicyclic) bond motifs is 1. The fraction of sp³-hybridized carbons (Fsp3) is 0.471. The molecule has 0 atom stereocenters. The van der Waals surface area contributed by atoms with Crippen LogP contribution in [0.2, 0.25) is 0 Å². The molecule has 118 valence electrons. The molecule has 0 amide bonds. The third kappa shape index (κ3) is 6.56. The Morgan fingerprint density at radius 1 is 1.33 bits per heavy atom. The average Bonchev–Trinajstić information content (AvgIpc) is 2.57. The van der Waals surface area contributed by atoms with Crippen molar-refractivity contribution in [3.05, 3.63) is 42.0 Å². The molecule has 0 spiro atoms. The van der Waals surface area contributed by atoms with Crippen molar-refractivity contribution >= 4 is 12.0 Å². The van der Waals surface area contributed by atoms with E-state index in [1.165, 1.54) is 11.3 Å². The highest BCUT2D eigenvalue weighted by molar-refractivity contribution is 5.65. The smallest absolute Gasteiger partial charge is 0.139 e. The van der Waals surface area contributed by atoms with Crippen LogP contribution in [0.1, 0.15) is 31.4 Å². The summed E-state index contributed by atoms with van der Waals surface area (Å²) in [6.45, 7) is 9.95. The molecule has 4 heteroatoms. The molecule has 0 unspecified atom stereocenters. The van der Waals surface area contributed by atoms with Gasteiger partial charge in [-0.15, -0.1) is 6.58 Å². The van der Waals surface area contributed by atoms with Crippen molar-refractivity contribution in [2.75, 3.05) is 24.5 Å². The second-order valence-corrected chi connectivity index (χ2v) is 4.41. The van der Waals surface area contributed by atoms with Gasteiger partial charge in [-0.3, -0.25) is 0 Å². The molecule has 0 radical (unpaired) electrons. The third-order valence-corrected chi connectivity index (χ3v) is 3.06. The molecule has 1 heterocycles. The number of carbonyl (C=O) groups excluding carboxylic acids is 1. The van der Waals surface area contributed by atoms with Crippen LogP contribution in [0.25, 0.3) is 0 Å². The van der Waals surface area contributed by atoms with Crippen molar-refractivity contribution in [1.82, 2.24) is 0 Å². The van der Waals surface area contributed by atoms with Crippen LogP contribution in [0.5, 0.6) is 0 Å². The van der Waals surface area contributed by atoms with Gasteiger partial charge in [-0.1, -0.05) is 32.1 Å². The zero-order valence-electron chi connectivity index (χ0n) is 13.3. The monoisotopic (exact) mass is 291 g/mol. The van der Waals surface area contributed by atoms with Gasteiger partial charge in [-0.25, -0.2) is 0 Å². The van der Waals surface area contributed by atoms with Crippen molar-refractivity contribution in [3.63, 3.8) is 0 Å². The summed E-state index contributed by atoms with van der Waals surface area (Å²) in [5.74, 6) is 0. The number of aldehydes is 1. The normalized spacial score (nSPS) is 12.1. The number of benzene rings is 1. The van der Waals surface area contributed by atoms with Crippen molar-refractivity contribution in [1.29, 1.82) is 0 Å².